The predicted octanol–water partition coefficient (Wildman–Crippen LogP) is 6.45. The Balaban J connectivity index is 2.25. The normalized spacial score (nSPS) is 14.6. The van der Waals surface area contributed by atoms with Gasteiger partial charge in [-0.15, -0.1) is 0 Å². The SMILES string of the molecule is CC(=Cc1ccc(Cl)cc1)C(Cc1ccc(Cl)cc1)C(C)CN(C)C. The van der Waals surface area contributed by atoms with Gasteiger partial charge in [0.1, 0.15) is 0 Å². The summed E-state index contributed by atoms with van der Waals surface area (Å²) < 4.78 is 0. The Morgan fingerprint density at radius 3 is 2.00 bits per heavy atom. The van der Waals surface area contributed by atoms with Gasteiger partial charge in [0.25, 0.3) is 0 Å². The third-order valence-corrected chi connectivity index (χ3v) is 5.06. The predicted molar refractivity (Wildman–Crippen MR) is 111 cm³/mol. The molecule has 2 unspecified atom stereocenters. The number of allylic oxidation sites excluding steroid dienone is 1. The van der Waals surface area contributed by atoms with Crippen molar-refractivity contribution in [3.8, 4) is 0 Å². The molecule has 134 valence electrons. The molecule has 0 saturated heterocycles. The Hall–Kier alpha value is -1.28. The number of benzene rings is 2. The average Bonchev–Trinajstić information content (AvgIpc) is 2.55. The van der Waals surface area contributed by atoms with Crippen LogP contribution in [-0.2, 0) is 6.42 Å². The molecule has 0 spiro atoms. The minimum absolute atomic E-state index is 0.472. The summed E-state index contributed by atoms with van der Waals surface area (Å²) in [6.45, 7) is 5.63. The van der Waals surface area contributed by atoms with E-state index in [-0.39, 0.29) is 0 Å². The Bertz CT molecular complexity index is 687. The van der Waals surface area contributed by atoms with Gasteiger partial charge in [0.05, 0.1) is 0 Å². The van der Waals surface area contributed by atoms with Crippen LogP contribution in [0.4, 0.5) is 0 Å². The molecular weight excluding hydrogens is 349 g/mol. The number of nitrogens with zero attached hydrogens (tertiary/aromatic N) is 1. The third kappa shape index (κ3) is 6.51. The molecule has 3 heteroatoms. The van der Waals surface area contributed by atoms with Gasteiger partial charge < -0.3 is 4.90 Å². The Morgan fingerprint density at radius 2 is 1.48 bits per heavy atom. The van der Waals surface area contributed by atoms with Gasteiger partial charge in [-0.25, -0.2) is 0 Å². The fourth-order valence-corrected chi connectivity index (χ4v) is 3.57. The zero-order valence-corrected chi connectivity index (χ0v) is 17.0. The molecule has 2 rings (SSSR count). The minimum atomic E-state index is 0.472. The maximum atomic E-state index is 6.03. The molecule has 0 heterocycles. The monoisotopic (exact) mass is 375 g/mol. The van der Waals surface area contributed by atoms with Crippen LogP contribution >= 0.6 is 23.2 Å². The van der Waals surface area contributed by atoms with E-state index in [1.165, 1.54) is 16.7 Å². The van der Waals surface area contributed by atoms with Crippen LogP contribution in [0.5, 0.6) is 0 Å². The van der Waals surface area contributed by atoms with Crippen LogP contribution in [0, 0.1) is 11.8 Å². The van der Waals surface area contributed by atoms with Gasteiger partial charge in [-0.1, -0.05) is 66.0 Å². The van der Waals surface area contributed by atoms with E-state index in [0.717, 1.165) is 23.0 Å². The van der Waals surface area contributed by atoms with Crippen molar-refractivity contribution in [2.45, 2.75) is 20.3 Å². The van der Waals surface area contributed by atoms with E-state index in [1.807, 2.05) is 24.3 Å². The van der Waals surface area contributed by atoms with Crippen LogP contribution in [0.15, 0.2) is 54.1 Å². The highest BCUT2D eigenvalue weighted by molar-refractivity contribution is 6.30. The van der Waals surface area contributed by atoms with Crippen molar-refractivity contribution >= 4 is 29.3 Å². The van der Waals surface area contributed by atoms with Gasteiger partial charge in [0.2, 0.25) is 0 Å². The molecule has 0 bridgehead atoms. The number of hydrogen-bond acceptors (Lipinski definition) is 1. The molecule has 0 aromatic heterocycles. The maximum absolute atomic E-state index is 6.03. The van der Waals surface area contributed by atoms with Crippen molar-refractivity contribution in [3.05, 3.63) is 75.3 Å². The first-order valence-electron chi connectivity index (χ1n) is 8.68. The summed E-state index contributed by atoms with van der Waals surface area (Å²) >= 11 is 12.0. The maximum Gasteiger partial charge on any atom is 0.0406 e. The number of halogens is 2. The fourth-order valence-electron chi connectivity index (χ4n) is 3.32. The van der Waals surface area contributed by atoms with E-state index in [4.69, 9.17) is 23.2 Å². The summed E-state index contributed by atoms with van der Waals surface area (Å²) in [7, 11) is 4.27. The van der Waals surface area contributed by atoms with Crippen molar-refractivity contribution in [1.82, 2.24) is 4.90 Å². The highest BCUT2D eigenvalue weighted by Gasteiger charge is 2.20. The molecule has 0 amide bonds. The summed E-state index contributed by atoms with van der Waals surface area (Å²) in [6.07, 6.45) is 3.30. The topological polar surface area (TPSA) is 3.24 Å². The molecule has 2 aromatic carbocycles. The largest absolute Gasteiger partial charge is 0.309 e. The molecule has 25 heavy (non-hydrogen) atoms. The first kappa shape index (κ1) is 20.0. The van der Waals surface area contributed by atoms with Crippen molar-refractivity contribution in [2.24, 2.45) is 11.8 Å². The molecule has 0 radical (unpaired) electrons. The molecule has 0 aliphatic carbocycles. The van der Waals surface area contributed by atoms with Crippen molar-refractivity contribution in [3.63, 3.8) is 0 Å². The molecule has 2 atom stereocenters. The quantitative estimate of drug-likeness (QED) is 0.536. The molecule has 0 aliphatic rings. The van der Waals surface area contributed by atoms with E-state index >= 15 is 0 Å². The molecule has 0 aliphatic heterocycles. The third-order valence-electron chi connectivity index (χ3n) is 4.56. The van der Waals surface area contributed by atoms with Crippen LogP contribution < -0.4 is 0 Å². The lowest BCUT2D eigenvalue weighted by Crippen LogP contribution is -2.27. The molecule has 0 saturated carbocycles. The summed E-state index contributed by atoms with van der Waals surface area (Å²) in [5, 5.41) is 1.56. The standard InChI is InChI=1S/C22H27Cl2N/c1-16(13-18-5-9-20(23)10-6-18)22(17(2)15-25(3)4)14-19-7-11-21(24)12-8-19/h5-13,17,22H,14-15H2,1-4H3. The van der Waals surface area contributed by atoms with Crippen molar-refractivity contribution in [2.75, 3.05) is 20.6 Å². The van der Waals surface area contributed by atoms with Gasteiger partial charge >= 0.3 is 0 Å². The first-order valence-corrected chi connectivity index (χ1v) is 9.43. The Labute approximate surface area is 162 Å². The fraction of sp³-hybridized carbons (Fsp3) is 0.364. The summed E-state index contributed by atoms with van der Waals surface area (Å²) in [4.78, 5) is 2.26. The van der Waals surface area contributed by atoms with E-state index in [1.54, 1.807) is 0 Å². The van der Waals surface area contributed by atoms with Crippen LogP contribution in [0.3, 0.4) is 0 Å². The van der Waals surface area contributed by atoms with E-state index in [9.17, 15) is 0 Å². The van der Waals surface area contributed by atoms with E-state index < -0.39 is 0 Å². The van der Waals surface area contributed by atoms with Crippen LogP contribution in [0.1, 0.15) is 25.0 Å². The van der Waals surface area contributed by atoms with Crippen molar-refractivity contribution < 1.29 is 0 Å². The van der Waals surface area contributed by atoms with Crippen molar-refractivity contribution in [1.29, 1.82) is 0 Å². The zero-order valence-electron chi connectivity index (χ0n) is 15.5. The van der Waals surface area contributed by atoms with Crippen LogP contribution in [0.25, 0.3) is 6.08 Å². The molecule has 0 N–H and O–H groups in total. The zero-order chi connectivity index (χ0) is 18.4. The first-order chi connectivity index (χ1) is 11.8. The van der Waals surface area contributed by atoms with Gasteiger partial charge in [-0.05, 0) is 74.7 Å². The lowest BCUT2D eigenvalue weighted by atomic mass is 9.82. The average molecular weight is 376 g/mol. The molecule has 2 aromatic rings. The van der Waals surface area contributed by atoms with Gasteiger partial charge in [0, 0.05) is 16.6 Å². The van der Waals surface area contributed by atoms with Crippen LogP contribution in [0.2, 0.25) is 10.0 Å². The van der Waals surface area contributed by atoms with Crippen LogP contribution in [-0.4, -0.2) is 25.5 Å². The second-order valence-corrected chi connectivity index (χ2v) is 7.99. The Morgan fingerprint density at radius 1 is 0.960 bits per heavy atom. The highest BCUT2D eigenvalue weighted by atomic mass is 35.5. The molecule has 0 fully saturated rings. The number of hydrogen-bond donors (Lipinski definition) is 0. The lowest BCUT2D eigenvalue weighted by Gasteiger charge is -2.28. The summed E-state index contributed by atoms with van der Waals surface area (Å²) in [5.41, 5.74) is 3.91. The highest BCUT2D eigenvalue weighted by Crippen LogP contribution is 2.28. The smallest absolute Gasteiger partial charge is 0.0406 e. The second-order valence-electron chi connectivity index (χ2n) is 7.12. The van der Waals surface area contributed by atoms with E-state index in [2.05, 4.69) is 63.2 Å². The van der Waals surface area contributed by atoms with E-state index in [0.29, 0.717) is 11.8 Å². The lowest BCUT2D eigenvalue weighted by molar-refractivity contribution is 0.284. The van der Waals surface area contributed by atoms with Gasteiger partial charge in [-0.3, -0.25) is 0 Å². The number of rotatable bonds is 7. The minimum Gasteiger partial charge on any atom is -0.309 e. The summed E-state index contributed by atoms with van der Waals surface area (Å²) in [6, 6.07) is 16.2. The summed E-state index contributed by atoms with van der Waals surface area (Å²) in [5.74, 6) is 1.02. The Kier molecular flexibility index (Phi) is 7.56. The van der Waals surface area contributed by atoms with Gasteiger partial charge in [-0.2, -0.15) is 0 Å². The molecule has 1 nitrogen and oxygen atoms in total. The van der Waals surface area contributed by atoms with Gasteiger partial charge in [0.15, 0.2) is 0 Å². The molecular formula is C22H27Cl2N. The second kappa shape index (κ2) is 9.43.